The lowest BCUT2D eigenvalue weighted by Gasteiger charge is -2.36. The number of hydrogen-bond acceptors (Lipinski definition) is 1. The summed E-state index contributed by atoms with van der Waals surface area (Å²) in [6.07, 6.45) is 10.2. The number of rotatable bonds is 4. The van der Waals surface area contributed by atoms with E-state index in [0.717, 1.165) is 23.8 Å². The van der Waals surface area contributed by atoms with Crippen LogP contribution in [-0.4, -0.2) is 12.6 Å². The Bertz CT molecular complexity index is 176. The van der Waals surface area contributed by atoms with Crippen molar-refractivity contribution in [2.45, 2.75) is 64.8 Å². The third-order valence-electron chi connectivity index (χ3n) is 4.61. The molecule has 15 heavy (non-hydrogen) atoms. The van der Waals surface area contributed by atoms with E-state index in [2.05, 4.69) is 19.2 Å². The summed E-state index contributed by atoms with van der Waals surface area (Å²) in [6.45, 7) is 6.01. The van der Waals surface area contributed by atoms with Gasteiger partial charge in [0.05, 0.1) is 0 Å². The highest BCUT2D eigenvalue weighted by atomic mass is 14.9. The Labute approximate surface area is 95.0 Å². The van der Waals surface area contributed by atoms with Gasteiger partial charge in [0.1, 0.15) is 0 Å². The van der Waals surface area contributed by atoms with Gasteiger partial charge >= 0.3 is 0 Å². The highest BCUT2D eigenvalue weighted by Crippen LogP contribution is 2.31. The molecule has 0 radical (unpaired) electrons. The molecule has 0 saturated heterocycles. The van der Waals surface area contributed by atoms with Crippen LogP contribution < -0.4 is 5.32 Å². The first-order valence-electron chi connectivity index (χ1n) is 7.01. The Morgan fingerprint density at radius 2 is 1.60 bits per heavy atom. The maximum absolute atomic E-state index is 3.75. The number of hydrogen-bond donors (Lipinski definition) is 1. The Morgan fingerprint density at radius 3 is 2.13 bits per heavy atom. The predicted molar refractivity (Wildman–Crippen MR) is 65.9 cm³/mol. The zero-order chi connectivity index (χ0) is 10.7. The van der Waals surface area contributed by atoms with Crippen molar-refractivity contribution in [2.75, 3.05) is 6.54 Å². The van der Waals surface area contributed by atoms with E-state index in [9.17, 15) is 0 Å². The van der Waals surface area contributed by atoms with E-state index in [1.54, 1.807) is 0 Å². The van der Waals surface area contributed by atoms with E-state index in [4.69, 9.17) is 0 Å². The van der Waals surface area contributed by atoms with Crippen molar-refractivity contribution in [1.29, 1.82) is 0 Å². The molecule has 0 amide bonds. The molecular weight excluding hydrogens is 182 g/mol. The van der Waals surface area contributed by atoms with Gasteiger partial charge in [0.2, 0.25) is 0 Å². The minimum absolute atomic E-state index is 0.865. The molecule has 1 nitrogen and oxygen atoms in total. The summed E-state index contributed by atoms with van der Waals surface area (Å²) in [4.78, 5) is 0. The van der Waals surface area contributed by atoms with Gasteiger partial charge in [-0.25, -0.2) is 0 Å². The lowest BCUT2D eigenvalue weighted by molar-refractivity contribution is 0.206. The van der Waals surface area contributed by atoms with Crippen molar-refractivity contribution in [2.24, 2.45) is 17.8 Å². The van der Waals surface area contributed by atoms with Crippen molar-refractivity contribution >= 4 is 0 Å². The summed E-state index contributed by atoms with van der Waals surface area (Å²) in [5.74, 6) is 3.02. The van der Waals surface area contributed by atoms with Crippen molar-refractivity contribution in [3.8, 4) is 0 Å². The van der Waals surface area contributed by atoms with Crippen LogP contribution in [0.1, 0.15) is 58.8 Å². The topological polar surface area (TPSA) is 12.0 Å². The van der Waals surface area contributed by atoms with E-state index in [1.165, 1.54) is 51.5 Å². The highest BCUT2D eigenvalue weighted by Gasteiger charge is 2.26. The average molecular weight is 209 g/mol. The standard InChI is InChI=1S/C14H27N/c1-3-12-4-6-13(7-5-12)10-15-14-8-11(2)9-14/h11-15H,3-10H2,1-2H3. The predicted octanol–water partition coefficient (Wildman–Crippen LogP) is 3.59. The normalized spacial score (nSPS) is 41.2. The Morgan fingerprint density at radius 1 is 1.00 bits per heavy atom. The molecule has 0 aliphatic heterocycles. The molecule has 0 bridgehead atoms. The summed E-state index contributed by atoms with van der Waals surface area (Å²) in [6, 6.07) is 0.865. The Kier molecular flexibility index (Phi) is 4.07. The third-order valence-corrected chi connectivity index (χ3v) is 4.61. The van der Waals surface area contributed by atoms with Crippen LogP contribution in [-0.2, 0) is 0 Å². The van der Waals surface area contributed by atoms with E-state index >= 15 is 0 Å². The van der Waals surface area contributed by atoms with Crippen molar-refractivity contribution in [1.82, 2.24) is 5.32 Å². The monoisotopic (exact) mass is 209 g/mol. The fourth-order valence-electron chi connectivity index (χ4n) is 3.25. The summed E-state index contributed by atoms with van der Waals surface area (Å²) in [5.41, 5.74) is 0. The molecule has 2 aliphatic rings. The molecule has 0 atom stereocenters. The second-order valence-corrected chi connectivity index (χ2v) is 5.98. The average Bonchev–Trinajstić information content (AvgIpc) is 2.23. The molecule has 2 saturated carbocycles. The molecular formula is C14H27N. The fraction of sp³-hybridized carbons (Fsp3) is 1.00. The zero-order valence-corrected chi connectivity index (χ0v) is 10.5. The molecule has 88 valence electrons. The number of nitrogens with one attached hydrogen (secondary N) is 1. The maximum Gasteiger partial charge on any atom is 0.00722 e. The van der Waals surface area contributed by atoms with Crippen molar-refractivity contribution < 1.29 is 0 Å². The van der Waals surface area contributed by atoms with E-state index in [1.807, 2.05) is 0 Å². The first-order valence-corrected chi connectivity index (χ1v) is 7.01. The van der Waals surface area contributed by atoms with Gasteiger partial charge in [-0.3, -0.25) is 0 Å². The SMILES string of the molecule is CCC1CCC(CNC2CC(C)C2)CC1. The van der Waals surface area contributed by atoms with Gasteiger partial charge in [0, 0.05) is 6.04 Å². The van der Waals surface area contributed by atoms with Crippen LogP contribution in [0.15, 0.2) is 0 Å². The summed E-state index contributed by atoms with van der Waals surface area (Å²) in [5, 5.41) is 3.75. The smallest absolute Gasteiger partial charge is 0.00722 e. The molecule has 1 heteroatoms. The van der Waals surface area contributed by atoms with Crippen LogP contribution in [0.5, 0.6) is 0 Å². The molecule has 2 aliphatic carbocycles. The van der Waals surface area contributed by atoms with Crippen LogP contribution in [0.3, 0.4) is 0 Å². The second-order valence-electron chi connectivity index (χ2n) is 5.98. The van der Waals surface area contributed by atoms with Gasteiger partial charge in [0.15, 0.2) is 0 Å². The van der Waals surface area contributed by atoms with Gasteiger partial charge in [-0.1, -0.05) is 33.1 Å². The first-order chi connectivity index (χ1) is 7.28. The van der Waals surface area contributed by atoms with Crippen molar-refractivity contribution in [3.63, 3.8) is 0 Å². The molecule has 0 heterocycles. The summed E-state index contributed by atoms with van der Waals surface area (Å²) >= 11 is 0. The van der Waals surface area contributed by atoms with Crippen LogP contribution in [0.25, 0.3) is 0 Å². The Balaban J connectivity index is 1.56. The molecule has 0 spiro atoms. The third kappa shape index (κ3) is 3.21. The molecule has 2 fully saturated rings. The van der Waals surface area contributed by atoms with Gasteiger partial charge in [-0.2, -0.15) is 0 Å². The van der Waals surface area contributed by atoms with Crippen LogP contribution in [0.2, 0.25) is 0 Å². The van der Waals surface area contributed by atoms with Gasteiger partial charge in [-0.05, 0) is 50.0 Å². The molecule has 0 aromatic rings. The largest absolute Gasteiger partial charge is 0.314 e. The zero-order valence-electron chi connectivity index (χ0n) is 10.5. The van der Waals surface area contributed by atoms with Crippen LogP contribution in [0, 0.1) is 17.8 Å². The quantitative estimate of drug-likeness (QED) is 0.746. The van der Waals surface area contributed by atoms with E-state index in [0.29, 0.717) is 0 Å². The summed E-state index contributed by atoms with van der Waals surface area (Å²) in [7, 11) is 0. The van der Waals surface area contributed by atoms with E-state index < -0.39 is 0 Å². The minimum Gasteiger partial charge on any atom is -0.314 e. The minimum atomic E-state index is 0.865. The van der Waals surface area contributed by atoms with E-state index in [-0.39, 0.29) is 0 Å². The maximum atomic E-state index is 3.75. The van der Waals surface area contributed by atoms with Crippen LogP contribution in [0.4, 0.5) is 0 Å². The fourth-order valence-corrected chi connectivity index (χ4v) is 3.25. The summed E-state index contributed by atoms with van der Waals surface area (Å²) < 4.78 is 0. The van der Waals surface area contributed by atoms with Crippen LogP contribution >= 0.6 is 0 Å². The van der Waals surface area contributed by atoms with Crippen molar-refractivity contribution in [3.05, 3.63) is 0 Å². The molecule has 1 N–H and O–H groups in total. The van der Waals surface area contributed by atoms with Gasteiger partial charge in [0.25, 0.3) is 0 Å². The lowest BCUT2D eigenvalue weighted by Crippen LogP contribution is -2.42. The second kappa shape index (κ2) is 5.34. The van der Waals surface area contributed by atoms with Gasteiger partial charge in [-0.15, -0.1) is 0 Å². The molecule has 2 rings (SSSR count). The molecule has 0 unspecified atom stereocenters. The molecule has 0 aromatic heterocycles. The first kappa shape index (κ1) is 11.4. The highest BCUT2D eigenvalue weighted by molar-refractivity contribution is 4.83. The van der Waals surface area contributed by atoms with Gasteiger partial charge < -0.3 is 5.32 Å². The Hall–Kier alpha value is -0.0400. The molecule has 0 aromatic carbocycles. The lowest BCUT2D eigenvalue weighted by atomic mass is 9.79.